The van der Waals surface area contributed by atoms with Crippen LogP contribution in [0, 0.1) is 0 Å². The summed E-state index contributed by atoms with van der Waals surface area (Å²) in [6.07, 6.45) is 2.12. The van der Waals surface area contributed by atoms with Crippen molar-refractivity contribution in [3.05, 3.63) is 76.8 Å². The van der Waals surface area contributed by atoms with E-state index < -0.39 is 10.0 Å². The minimum atomic E-state index is -3.79. The number of amides is 1. The minimum Gasteiger partial charge on any atom is -0.497 e. The molecule has 4 rings (SSSR count). The van der Waals surface area contributed by atoms with Crippen LogP contribution in [0.2, 0.25) is 0 Å². The smallest absolute Gasteiger partial charge is 0.261 e. The molecule has 1 fully saturated rings. The van der Waals surface area contributed by atoms with E-state index in [9.17, 15) is 13.2 Å². The van der Waals surface area contributed by atoms with Gasteiger partial charge in [-0.1, -0.05) is 0 Å². The van der Waals surface area contributed by atoms with Gasteiger partial charge < -0.3 is 19.5 Å². The van der Waals surface area contributed by atoms with Crippen LogP contribution in [0.5, 0.6) is 11.5 Å². The molecule has 0 spiro atoms. The maximum absolute atomic E-state index is 12.7. The quantitative estimate of drug-likeness (QED) is 0.378. The molecule has 1 aliphatic heterocycles. The predicted molar refractivity (Wildman–Crippen MR) is 137 cm³/mol. The van der Waals surface area contributed by atoms with Gasteiger partial charge in [-0.3, -0.25) is 9.52 Å². The fraction of sp³-hybridized carbons (Fsp3) is 0.240. The van der Waals surface area contributed by atoms with E-state index in [4.69, 9.17) is 14.2 Å². The molecule has 1 atom stereocenters. The van der Waals surface area contributed by atoms with Crippen LogP contribution >= 0.6 is 15.9 Å². The molecule has 0 bridgehead atoms. The van der Waals surface area contributed by atoms with Crippen LogP contribution in [0.25, 0.3) is 0 Å². The average Bonchev–Trinajstić information content (AvgIpc) is 3.37. The summed E-state index contributed by atoms with van der Waals surface area (Å²) >= 11 is 3.45. The van der Waals surface area contributed by atoms with Gasteiger partial charge in [0.05, 0.1) is 22.6 Å². The van der Waals surface area contributed by atoms with Gasteiger partial charge in [-0.25, -0.2) is 8.42 Å². The van der Waals surface area contributed by atoms with E-state index in [0.717, 1.165) is 19.4 Å². The Morgan fingerprint density at radius 1 is 1.06 bits per heavy atom. The normalized spacial score (nSPS) is 15.4. The standard InChI is InChI=1S/C25H25BrN2O6S/c1-32-20-9-5-19(6-10-20)28-35(30,31)22-11-7-18(8-12-22)27-25(29)17-4-13-24(23(26)15-17)34-16-21-3-2-14-33-21/h4-13,15,21,28H,2-3,14,16H2,1H3,(H,27,29). The number of hydrogen-bond donors (Lipinski definition) is 2. The second-order valence-corrected chi connectivity index (χ2v) is 10.4. The van der Waals surface area contributed by atoms with Gasteiger partial charge in [-0.2, -0.15) is 0 Å². The molecule has 184 valence electrons. The van der Waals surface area contributed by atoms with Crippen LogP contribution in [-0.2, 0) is 14.8 Å². The van der Waals surface area contributed by atoms with Crippen LogP contribution in [-0.4, -0.2) is 40.8 Å². The molecule has 3 aromatic rings. The molecule has 0 aliphatic carbocycles. The number of rotatable bonds is 9. The third kappa shape index (κ3) is 6.53. The maximum atomic E-state index is 12.7. The van der Waals surface area contributed by atoms with Crippen molar-refractivity contribution in [3.63, 3.8) is 0 Å². The fourth-order valence-corrected chi connectivity index (χ4v) is 5.06. The van der Waals surface area contributed by atoms with Crippen molar-refractivity contribution in [2.75, 3.05) is 30.4 Å². The Hall–Kier alpha value is -3.08. The van der Waals surface area contributed by atoms with Gasteiger partial charge in [0.25, 0.3) is 15.9 Å². The zero-order valence-electron chi connectivity index (χ0n) is 19.0. The molecule has 0 saturated carbocycles. The first kappa shape index (κ1) is 25.0. The summed E-state index contributed by atoms with van der Waals surface area (Å²) in [5, 5.41) is 2.77. The Labute approximate surface area is 212 Å². The Kier molecular flexibility index (Phi) is 7.94. The zero-order chi connectivity index (χ0) is 24.8. The SMILES string of the molecule is COc1ccc(NS(=O)(=O)c2ccc(NC(=O)c3ccc(OCC4CCCO4)c(Br)c3)cc2)cc1. The number of carbonyl (C=O) groups is 1. The Morgan fingerprint density at radius 3 is 2.40 bits per heavy atom. The topological polar surface area (TPSA) is 103 Å². The highest BCUT2D eigenvalue weighted by molar-refractivity contribution is 9.10. The van der Waals surface area contributed by atoms with Crippen LogP contribution in [0.3, 0.4) is 0 Å². The number of sulfonamides is 1. The van der Waals surface area contributed by atoms with Crippen molar-refractivity contribution in [2.24, 2.45) is 0 Å². The molecule has 1 aliphatic rings. The summed E-state index contributed by atoms with van der Waals surface area (Å²) in [4.78, 5) is 12.8. The third-order valence-corrected chi connectivity index (χ3v) is 7.42. The highest BCUT2D eigenvalue weighted by Crippen LogP contribution is 2.28. The second kappa shape index (κ2) is 11.1. The Morgan fingerprint density at radius 2 is 1.77 bits per heavy atom. The van der Waals surface area contributed by atoms with E-state index in [1.54, 1.807) is 42.5 Å². The van der Waals surface area contributed by atoms with Gasteiger partial charge >= 0.3 is 0 Å². The lowest BCUT2D eigenvalue weighted by Gasteiger charge is -2.13. The number of carbonyl (C=O) groups excluding carboxylic acids is 1. The first-order valence-electron chi connectivity index (χ1n) is 11.0. The van der Waals surface area contributed by atoms with E-state index in [2.05, 4.69) is 26.0 Å². The first-order valence-corrected chi connectivity index (χ1v) is 13.2. The van der Waals surface area contributed by atoms with Crippen molar-refractivity contribution in [1.82, 2.24) is 0 Å². The molecule has 35 heavy (non-hydrogen) atoms. The second-order valence-electron chi connectivity index (χ2n) is 7.90. The van der Waals surface area contributed by atoms with E-state index in [1.165, 1.54) is 31.4 Å². The van der Waals surface area contributed by atoms with Crippen molar-refractivity contribution >= 4 is 43.2 Å². The van der Waals surface area contributed by atoms with Gasteiger partial charge in [0.2, 0.25) is 0 Å². The number of halogens is 1. The van der Waals surface area contributed by atoms with E-state index >= 15 is 0 Å². The summed E-state index contributed by atoms with van der Waals surface area (Å²) < 4.78 is 44.9. The molecule has 1 heterocycles. The predicted octanol–water partition coefficient (Wildman–Crippen LogP) is 5.07. The van der Waals surface area contributed by atoms with Crippen molar-refractivity contribution < 1.29 is 27.4 Å². The van der Waals surface area contributed by atoms with Gasteiger partial charge in [0.1, 0.15) is 18.1 Å². The van der Waals surface area contributed by atoms with Crippen molar-refractivity contribution in [2.45, 2.75) is 23.8 Å². The van der Waals surface area contributed by atoms with Gasteiger partial charge in [-0.15, -0.1) is 0 Å². The van der Waals surface area contributed by atoms with E-state index in [-0.39, 0.29) is 16.9 Å². The summed E-state index contributed by atoms with van der Waals surface area (Å²) in [7, 11) is -2.25. The Bertz CT molecular complexity index is 1270. The molecule has 1 unspecified atom stereocenters. The summed E-state index contributed by atoms with van der Waals surface area (Å²) in [6.45, 7) is 1.23. The number of anilines is 2. The number of methoxy groups -OCH3 is 1. The zero-order valence-corrected chi connectivity index (χ0v) is 21.4. The largest absolute Gasteiger partial charge is 0.497 e. The number of benzene rings is 3. The molecule has 1 saturated heterocycles. The maximum Gasteiger partial charge on any atom is 0.261 e. The monoisotopic (exact) mass is 560 g/mol. The lowest BCUT2D eigenvalue weighted by Crippen LogP contribution is -2.17. The average molecular weight is 561 g/mol. The van der Waals surface area contributed by atoms with E-state index in [0.29, 0.717) is 39.5 Å². The van der Waals surface area contributed by atoms with Gasteiger partial charge in [0.15, 0.2) is 0 Å². The fourth-order valence-electron chi connectivity index (χ4n) is 3.51. The summed E-state index contributed by atoms with van der Waals surface area (Å²) in [5.74, 6) is 0.931. The molecule has 1 amide bonds. The lowest BCUT2D eigenvalue weighted by molar-refractivity contribution is 0.0677. The van der Waals surface area contributed by atoms with Gasteiger partial charge in [-0.05, 0) is 95.5 Å². The number of ether oxygens (including phenoxy) is 3. The van der Waals surface area contributed by atoms with Gasteiger partial charge in [0, 0.05) is 23.5 Å². The molecule has 3 aromatic carbocycles. The molecule has 0 radical (unpaired) electrons. The first-order chi connectivity index (χ1) is 16.8. The highest BCUT2D eigenvalue weighted by Gasteiger charge is 2.18. The number of hydrogen-bond acceptors (Lipinski definition) is 6. The molecule has 2 N–H and O–H groups in total. The molecular formula is C25H25BrN2O6S. The van der Waals surface area contributed by atoms with Crippen LogP contribution in [0.4, 0.5) is 11.4 Å². The van der Waals surface area contributed by atoms with Crippen molar-refractivity contribution in [1.29, 1.82) is 0 Å². The van der Waals surface area contributed by atoms with Crippen molar-refractivity contribution in [3.8, 4) is 11.5 Å². The number of nitrogens with one attached hydrogen (secondary N) is 2. The van der Waals surface area contributed by atoms with E-state index in [1.807, 2.05) is 0 Å². The minimum absolute atomic E-state index is 0.0711. The highest BCUT2D eigenvalue weighted by atomic mass is 79.9. The van der Waals surface area contributed by atoms with Crippen LogP contribution < -0.4 is 19.5 Å². The summed E-state index contributed by atoms with van der Waals surface area (Å²) in [5.41, 5.74) is 1.31. The summed E-state index contributed by atoms with van der Waals surface area (Å²) in [6, 6.07) is 17.6. The molecule has 8 nitrogen and oxygen atoms in total. The lowest BCUT2D eigenvalue weighted by atomic mass is 10.2. The molecular weight excluding hydrogens is 536 g/mol. The molecule has 10 heteroatoms. The van der Waals surface area contributed by atoms with Crippen LogP contribution in [0.1, 0.15) is 23.2 Å². The third-order valence-electron chi connectivity index (χ3n) is 5.41. The molecule has 0 aromatic heterocycles. The van der Waals surface area contributed by atoms with Crippen LogP contribution in [0.15, 0.2) is 76.1 Å². The Balaban J connectivity index is 1.36.